The van der Waals surface area contributed by atoms with Gasteiger partial charge in [0.1, 0.15) is 5.75 Å². The molecule has 1 amide bonds. The highest BCUT2D eigenvalue weighted by molar-refractivity contribution is 5.77. The number of nitrogens with one attached hydrogen (secondary N) is 1. The zero-order valence-electron chi connectivity index (χ0n) is 13.9. The summed E-state index contributed by atoms with van der Waals surface area (Å²) in [5.74, 6) is 0.170. The summed E-state index contributed by atoms with van der Waals surface area (Å²) in [4.78, 5) is 11.8. The van der Waals surface area contributed by atoms with E-state index in [1.165, 1.54) is 19.2 Å². The highest BCUT2D eigenvalue weighted by Gasteiger charge is 2.11. The fraction of sp³-hybridized carbons (Fsp3) is 0.222. The molecule has 0 saturated heterocycles. The van der Waals surface area contributed by atoms with Crippen molar-refractivity contribution in [1.82, 2.24) is 5.32 Å². The Morgan fingerprint density at radius 2 is 1.92 bits per heavy atom. The van der Waals surface area contributed by atoms with Crippen LogP contribution >= 0.6 is 0 Å². The van der Waals surface area contributed by atoms with Gasteiger partial charge in [-0.3, -0.25) is 4.79 Å². The fourth-order valence-electron chi connectivity index (χ4n) is 2.04. The number of carbonyl (C=O) groups excluding carboxylic acids is 1. The van der Waals surface area contributed by atoms with Gasteiger partial charge in [-0.1, -0.05) is 6.07 Å². The molecule has 0 aliphatic heterocycles. The second-order valence-electron chi connectivity index (χ2n) is 5.07. The number of carbonyl (C=O) groups is 1. The maximum Gasteiger partial charge on any atom is 0.387 e. The van der Waals surface area contributed by atoms with Crippen LogP contribution in [0.25, 0.3) is 0 Å². The minimum absolute atomic E-state index is 0.0817. The van der Waals surface area contributed by atoms with E-state index in [-0.39, 0.29) is 30.6 Å². The zero-order chi connectivity index (χ0) is 18.9. The maximum atomic E-state index is 12.3. The summed E-state index contributed by atoms with van der Waals surface area (Å²) >= 11 is 0. The molecule has 0 aliphatic rings. The van der Waals surface area contributed by atoms with Crippen molar-refractivity contribution in [3.63, 3.8) is 0 Å². The average molecular weight is 362 g/mol. The van der Waals surface area contributed by atoms with Crippen LogP contribution in [-0.2, 0) is 11.3 Å². The number of hydrogen-bond donors (Lipinski definition) is 1. The van der Waals surface area contributed by atoms with Crippen LogP contribution in [0.15, 0.2) is 42.5 Å². The van der Waals surface area contributed by atoms with Crippen molar-refractivity contribution in [3.8, 4) is 23.3 Å². The molecule has 0 bridgehead atoms. The minimum Gasteiger partial charge on any atom is -0.493 e. The van der Waals surface area contributed by atoms with E-state index in [4.69, 9.17) is 14.7 Å². The Labute approximate surface area is 148 Å². The van der Waals surface area contributed by atoms with Crippen LogP contribution in [0, 0.1) is 11.3 Å². The molecule has 0 radical (unpaired) electrons. The molecule has 0 aliphatic carbocycles. The molecule has 8 heteroatoms. The number of halogens is 2. The minimum atomic E-state index is -2.95. The van der Waals surface area contributed by atoms with Gasteiger partial charge in [0.25, 0.3) is 5.91 Å². The van der Waals surface area contributed by atoms with E-state index < -0.39 is 6.61 Å². The third-order valence-electron chi connectivity index (χ3n) is 3.29. The van der Waals surface area contributed by atoms with E-state index in [0.29, 0.717) is 16.9 Å². The lowest BCUT2D eigenvalue weighted by molar-refractivity contribution is -0.123. The third-order valence-corrected chi connectivity index (χ3v) is 3.29. The Bertz CT molecular complexity index is 789. The van der Waals surface area contributed by atoms with Gasteiger partial charge in [-0.2, -0.15) is 14.0 Å². The first-order valence-electron chi connectivity index (χ1n) is 7.53. The molecule has 2 rings (SSSR count). The van der Waals surface area contributed by atoms with Gasteiger partial charge in [0.05, 0.1) is 18.7 Å². The molecule has 136 valence electrons. The van der Waals surface area contributed by atoms with Crippen molar-refractivity contribution in [2.45, 2.75) is 13.2 Å². The summed E-state index contributed by atoms with van der Waals surface area (Å²) in [6.45, 7) is -2.98. The Hall–Kier alpha value is -3.34. The Morgan fingerprint density at radius 3 is 2.54 bits per heavy atom. The summed E-state index contributed by atoms with van der Waals surface area (Å²) in [6.07, 6.45) is 0. The van der Waals surface area contributed by atoms with Gasteiger partial charge >= 0.3 is 6.61 Å². The average Bonchev–Trinajstić information content (AvgIpc) is 2.65. The number of ether oxygens (including phenoxy) is 3. The summed E-state index contributed by atoms with van der Waals surface area (Å²) in [5.41, 5.74) is 1.14. The SMILES string of the molecule is COc1cc(CNC(=O)COc2ccc(C#N)cc2)ccc1OC(F)F. The van der Waals surface area contributed by atoms with E-state index in [1.54, 1.807) is 30.3 Å². The smallest absolute Gasteiger partial charge is 0.387 e. The lowest BCUT2D eigenvalue weighted by Gasteiger charge is -2.12. The zero-order valence-corrected chi connectivity index (χ0v) is 13.9. The quantitative estimate of drug-likeness (QED) is 0.781. The molecule has 0 spiro atoms. The largest absolute Gasteiger partial charge is 0.493 e. The number of hydrogen-bond acceptors (Lipinski definition) is 5. The number of nitriles is 1. The van der Waals surface area contributed by atoms with Gasteiger partial charge in [-0.15, -0.1) is 0 Å². The van der Waals surface area contributed by atoms with Crippen LogP contribution in [0.3, 0.4) is 0 Å². The number of rotatable bonds is 8. The normalized spacial score (nSPS) is 10.1. The Morgan fingerprint density at radius 1 is 1.19 bits per heavy atom. The number of alkyl halides is 2. The van der Waals surface area contributed by atoms with E-state index in [2.05, 4.69) is 10.1 Å². The van der Waals surface area contributed by atoms with E-state index in [1.807, 2.05) is 6.07 Å². The topological polar surface area (TPSA) is 80.6 Å². The number of amides is 1. The summed E-state index contributed by atoms with van der Waals surface area (Å²) < 4.78 is 39.2. The highest BCUT2D eigenvalue weighted by atomic mass is 19.3. The fourth-order valence-corrected chi connectivity index (χ4v) is 2.04. The molecule has 2 aromatic rings. The van der Waals surface area contributed by atoms with Crippen LogP contribution in [0.5, 0.6) is 17.2 Å². The lowest BCUT2D eigenvalue weighted by Crippen LogP contribution is -2.28. The van der Waals surface area contributed by atoms with Crippen molar-refractivity contribution in [2.75, 3.05) is 13.7 Å². The number of nitrogens with zero attached hydrogens (tertiary/aromatic N) is 1. The van der Waals surface area contributed by atoms with Crippen molar-refractivity contribution in [1.29, 1.82) is 5.26 Å². The molecule has 26 heavy (non-hydrogen) atoms. The molecule has 6 nitrogen and oxygen atoms in total. The molecule has 0 heterocycles. The lowest BCUT2D eigenvalue weighted by atomic mass is 10.2. The molecule has 0 atom stereocenters. The van der Waals surface area contributed by atoms with Gasteiger partial charge in [-0.25, -0.2) is 0 Å². The van der Waals surface area contributed by atoms with Crippen LogP contribution in [0.2, 0.25) is 0 Å². The summed E-state index contributed by atoms with van der Waals surface area (Å²) in [7, 11) is 1.33. The predicted octanol–water partition coefficient (Wildman–Crippen LogP) is 2.86. The van der Waals surface area contributed by atoms with Gasteiger partial charge in [-0.05, 0) is 42.0 Å². The Balaban J connectivity index is 1.85. The van der Waals surface area contributed by atoms with Crippen molar-refractivity contribution in [2.24, 2.45) is 0 Å². The summed E-state index contributed by atoms with van der Waals surface area (Å²) in [6, 6.07) is 12.7. The van der Waals surface area contributed by atoms with Gasteiger partial charge in [0, 0.05) is 6.54 Å². The highest BCUT2D eigenvalue weighted by Crippen LogP contribution is 2.29. The van der Waals surface area contributed by atoms with Crippen LogP contribution in [-0.4, -0.2) is 26.2 Å². The Kier molecular flexibility index (Phi) is 6.74. The first-order valence-corrected chi connectivity index (χ1v) is 7.53. The summed E-state index contributed by atoms with van der Waals surface area (Å²) in [5, 5.41) is 11.4. The van der Waals surface area contributed by atoms with Gasteiger partial charge in [0.15, 0.2) is 18.1 Å². The monoisotopic (exact) mass is 362 g/mol. The second kappa shape index (κ2) is 9.22. The van der Waals surface area contributed by atoms with Crippen LogP contribution < -0.4 is 19.5 Å². The molecule has 2 aromatic carbocycles. The van der Waals surface area contributed by atoms with Crippen molar-refractivity contribution < 1.29 is 27.8 Å². The first-order chi connectivity index (χ1) is 12.5. The molecule has 0 unspecified atom stereocenters. The predicted molar refractivity (Wildman–Crippen MR) is 88.1 cm³/mol. The molecule has 1 N–H and O–H groups in total. The number of benzene rings is 2. The van der Waals surface area contributed by atoms with E-state index in [0.717, 1.165) is 0 Å². The van der Waals surface area contributed by atoms with Crippen molar-refractivity contribution >= 4 is 5.91 Å². The molecular weight excluding hydrogens is 346 g/mol. The molecule has 0 saturated carbocycles. The molecule has 0 aromatic heterocycles. The molecule has 0 fully saturated rings. The first kappa shape index (κ1) is 19.0. The maximum absolute atomic E-state index is 12.3. The van der Waals surface area contributed by atoms with Gasteiger partial charge < -0.3 is 19.5 Å². The second-order valence-corrected chi connectivity index (χ2v) is 5.07. The van der Waals surface area contributed by atoms with E-state index >= 15 is 0 Å². The van der Waals surface area contributed by atoms with E-state index in [9.17, 15) is 13.6 Å². The standard InChI is InChI=1S/C18H16F2N2O4/c1-24-16-8-13(4-7-15(16)26-18(19)20)10-22-17(23)11-25-14-5-2-12(9-21)3-6-14/h2-8,18H,10-11H2,1H3,(H,22,23). The van der Waals surface area contributed by atoms with Crippen LogP contribution in [0.1, 0.15) is 11.1 Å². The van der Waals surface area contributed by atoms with Gasteiger partial charge in [0.2, 0.25) is 0 Å². The number of methoxy groups -OCH3 is 1. The van der Waals surface area contributed by atoms with Crippen LogP contribution in [0.4, 0.5) is 8.78 Å². The van der Waals surface area contributed by atoms with Crippen molar-refractivity contribution in [3.05, 3.63) is 53.6 Å². The molecular formula is C18H16F2N2O4. The third kappa shape index (κ3) is 5.63.